The van der Waals surface area contributed by atoms with Gasteiger partial charge in [0.2, 0.25) is 6.79 Å². The van der Waals surface area contributed by atoms with Gasteiger partial charge in [0.1, 0.15) is 0 Å². The smallest absolute Gasteiger partial charge is 0.231 e. The summed E-state index contributed by atoms with van der Waals surface area (Å²) in [6.45, 7) is 4.45. The van der Waals surface area contributed by atoms with Crippen LogP contribution >= 0.6 is 0 Å². The van der Waals surface area contributed by atoms with E-state index in [-0.39, 0.29) is 18.5 Å². The predicted molar refractivity (Wildman–Crippen MR) is 58.9 cm³/mol. The molecule has 0 N–H and O–H groups in total. The van der Waals surface area contributed by atoms with Crippen LogP contribution < -0.4 is 9.47 Å². The minimum Gasteiger partial charge on any atom is -0.454 e. The van der Waals surface area contributed by atoms with Crippen molar-refractivity contribution in [2.45, 2.75) is 20.3 Å². The minimum atomic E-state index is 0.123. The number of fused-ring (bicyclic) bond motifs is 2. The van der Waals surface area contributed by atoms with Crippen LogP contribution in [0.3, 0.4) is 0 Å². The zero-order valence-electron chi connectivity index (χ0n) is 9.45. The molecule has 3 rings (SSSR count). The van der Waals surface area contributed by atoms with E-state index >= 15 is 0 Å². The number of ether oxygens (including phenoxy) is 2. The van der Waals surface area contributed by atoms with E-state index in [4.69, 9.17) is 9.47 Å². The number of hydrogen-bond acceptors (Lipinski definition) is 3. The molecule has 0 radical (unpaired) electrons. The quantitative estimate of drug-likeness (QED) is 0.726. The Morgan fingerprint density at radius 3 is 2.62 bits per heavy atom. The van der Waals surface area contributed by atoms with Crippen molar-refractivity contribution in [1.29, 1.82) is 0 Å². The van der Waals surface area contributed by atoms with Crippen LogP contribution in [0.4, 0.5) is 0 Å². The molecule has 0 amide bonds. The van der Waals surface area contributed by atoms with E-state index in [9.17, 15) is 4.79 Å². The van der Waals surface area contributed by atoms with Gasteiger partial charge in [-0.3, -0.25) is 4.79 Å². The molecule has 1 unspecified atom stereocenters. The van der Waals surface area contributed by atoms with Crippen molar-refractivity contribution in [2.75, 3.05) is 6.79 Å². The molecule has 0 saturated heterocycles. The first kappa shape index (κ1) is 9.70. The zero-order valence-corrected chi connectivity index (χ0v) is 9.45. The summed E-state index contributed by atoms with van der Waals surface area (Å²) in [6.07, 6.45) is 0.836. The van der Waals surface area contributed by atoms with E-state index in [1.165, 1.54) is 0 Å². The Bertz CT molecular complexity index is 462. The molecule has 0 saturated carbocycles. The number of Topliss-reactive ketones (excluding diaryl/α,β-unsaturated/α-hetero) is 1. The average molecular weight is 218 g/mol. The van der Waals surface area contributed by atoms with Crippen molar-refractivity contribution in [3.63, 3.8) is 0 Å². The summed E-state index contributed by atoms with van der Waals surface area (Å²) in [5.41, 5.74) is 1.93. The number of hydrogen-bond donors (Lipinski definition) is 0. The van der Waals surface area contributed by atoms with Crippen LogP contribution in [0, 0.1) is 11.8 Å². The predicted octanol–water partition coefficient (Wildman–Crippen LogP) is 2.43. The standard InChI is InChI=1S/C13H14O3/c1-7(2)9-3-8-4-11-12(16-6-15-11)5-10(8)13(9)14/h4-5,7,9H,3,6H2,1-2H3. The number of carbonyl (C=O) groups is 1. The summed E-state index contributed by atoms with van der Waals surface area (Å²) in [7, 11) is 0. The van der Waals surface area contributed by atoms with E-state index in [0.29, 0.717) is 11.7 Å². The Balaban J connectivity index is 2.05. The zero-order chi connectivity index (χ0) is 11.3. The first-order chi connectivity index (χ1) is 7.66. The van der Waals surface area contributed by atoms with Crippen molar-refractivity contribution >= 4 is 5.78 Å². The van der Waals surface area contributed by atoms with Crippen molar-refractivity contribution < 1.29 is 14.3 Å². The highest BCUT2D eigenvalue weighted by Crippen LogP contribution is 2.40. The summed E-state index contributed by atoms with van der Waals surface area (Å²) in [5, 5.41) is 0. The van der Waals surface area contributed by atoms with Crippen molar-refractivity contribution in [3.8, 4) is 11.5 Å². The van der Waals surface area contributed by atoms with Gasteiger partial charge in [0.25, 0.3) is 0 Å². The lowest BCUT2D eigenvalue weighted by atomic mass is 9.92. The topological polar surface area (TPSA) is 35.5 Å². The highest BCUT2D eigenvalue weighted by molar-refractivity contribution is 6.03. The second-order valence-corrected chi connectivity index (χ2v) is 4.78. The van der Waals surface area contributed by atoms with Crippen molar-refractivity contribution in [2.24, 2.45) is 11.8 Å². The highest BCUT2D eigenvalue weighted by atomic mass is 16.7. The molecular formula is C13H14O3. The molecule has 0 fully saturated rings. The molecular weight excluding hydrogens is 204 g/mol. The summed E-state index contributed by atoms with van der Waals surface area (Å²) in [5.74, 6) is 2.24. The van der Waals surface area contributed by atoms with Gasteiger partial charge in [-0.05, 0) is 30.0 Å². The van der Waals surface area contributed by atoms with E-state index in [2.05, 4.69) is 13.8 Å². The number of benzene rings is 1. The van der Waals surface area contributed by atoms with Gasteiger partial charge in [0, 0.05) is 11.5 Å². The molecule has 0 spiro atoms. The van der Waals surface area contributed by atoms with Gasteiger partial charge in [-0.15, -0.1) is 0 Å². The molecule has 2 aliphatic rings. The molecule has 84 valence electrons. The Kier molecular flexibility index (Phi) is 1.96. The van der Waals surface area contributed by atoms with Crippen LogP contribution in [-0.4, -0.2) is 12.6 Å². The number of ketones is 1. The Morgan fingerprint density at radius 1 is 1.25 bits per heavy atom. The molecule has 0 aromatic heterocycles. The first-order valence-electron chi connectivity index (χ1n) is 5.63. The number of rotatable bonds is 1. The lowest BCUT2D eigenvalue weighted by molar-refractivity contribution is 0.0905. The van der Waals surface area contributed by atoms with Gasteiger partial charge in [-0.25, -0.2) is 0 Å². The molecule has 16 heavy (non-hydrogen) atoms. The molecule has 1 aromatic carbocycles. The van der Waals surface area contributed by atoms with Crippen LogP contribution in [0.25, 0.3) is 0 Å². The Hall–Kier alpha value is -1.51. The van der Waals surface area contributed by atoms with Gasteiger partial charge >= 0.3 is 0 Å². The van der Waals surface area contributed by atoms with Crippen LogP contribution in [0.15, 0.2) is 12.1 Å². The first-order valence-corrected chi connectivity index (χ1v) is 5.63. The molecule has 0 bridgehead atoms. The van der Waals surface area contributed by atoms with Crippen LogP contribution in [0.5, 0.6) is 11.5 Å². The van der Waals surface area contributed by atoms with Gasteiger partial charge < -0.3 is 9.47 Å². The Labute approximate surface area is 94.4 Å². The Morgan fingerprint density at radius 2 is 1.94 bits per heavy atom. The molecule has 1 aromatic rings. The van der Waals surface area contributed by atoms with Crippen LogP contribution in [-0.2, 0) is 6.42 Å². The lowest BCUT2D eigenvalue weighted by Crippen LogP contribution is -2.15. The van der Waals surface area contributed by atoms with Crippen molar-refractivity contribution in [1.82, 2.24) is 0 Å². The second kappa shape index (κ2) is 3.24. The average Bonchev–Trinajstić information content (AvgIpc) is 2.80. The fourth-order valence-electron chi connectivity index (χ4n) is 2.45. The summed E-state index contributed by atoms with van der Waals surface area (Å²) < 4.78 is 10.6. The molecule has 1 aliphatic heterocycles. The van der Waals surface area contributed by atoms with E-state index < -0.39 is 0 Å². The fourth-order valence-corrected chi connectivity index (χ4v) is 2.45. The third-order valence-corrected chi connectivity index (χ3v) is 3.45. The molecule has 1 atom stereocenters. The maximum absolute atomic E-state index is 12.1. The number of carbonyl (C=O) groups excluding carboxylic acids is 1. The summed E-state index contributed by atoms with van der Waals surface area (Å²) in [4.78, 5) is 12.1. The largest absolute Gasteiger partial charge is 0.454 e. The van der Waals surface area contributed by atoms with Gasteiger partial charge in [0.05, 0.1) is 0 Å². The van der Waals surface area contributed by atoms with E-state index in [0.717, 1.165) is 23.3 Å². The molecule has 1 heterocycles. The van der Waals surface area contributed by atoms with E-state index in [1.807, 2.05) is 12.1 Å². The monoisotopic (exact) mass is 218 g/mol. The third kappa shape index (κ3) is 1.24. The summed E-state index contributed by atoms with van der Waals surface area (Å²) >= 11 is 0. The van der Waals surface area contributed by atoms with Crippen LogP contribution in [0.1, 0.15) is 29.8 Å². The maximum atomic E-state index is 12.1. The lowest BCUT2D eigenvalue weighted by Gasteiger charge is -2.10. The SMILES string of the molecule is CC(C)C1Cc2cc3c(cc2C1=O)OCO3. The fraction of sp³-hybridized carbons (Fsp3) is 0.462. The molecule has 3 nitrogen and oxygen atoms in total. The van der Waals surface area contributed by atoms with Gasteiger partial charge in [-0.1, -0.05) is 13.8 Å². The highest BCUT2D eigenvalue weighted by Gasteiger charge is 2.34. The third-order valence-electron chi connectivity index (χ3n) is 3.45. The van der Waals surface area contributed by atoms with E-state index in [1.54, 1.807) is 0 Å². The molecule has 1 aliphatic carbocycles. The summed E-state index contributed by atoms with van der Waals surface area (Å²) in [6, 6.07) is 3.79. The van der Waals surface area contributed by atoms with Gasteiger partial charge in [-0.2, -0.15) is 0 Å². The second-order valence-electron chi connectivity index (χ2n) is 4.78. The normalized spacial score (nSPS) is 21.7. The minimum absolute atomic E-state index is 0.123. The van der Waals surface area contributed by atoms with Crippen LogP contribution in [0.2, 0.25) is 0 Å². The molecule has 3 heteroatoms. The maximum Gasteiger partial charge on any atom is 0.231 e. The van der Waals surface area contributed by atoms with Crippen molar-refractivity contribution in [3.05, 3.63) is 23.3 Å². The van der Waals surface area contributed by atoms with Gasteiger partial charge in [0.15, 0.2) is 17.3 Å².